The third-order valence-corrected chi connectivity index (χ3v) is 3.23. The van der Waals surface area contributed by atoms with E-state index in [0.29, 0.717) is 6.79 Å². The van der Waals surface area contributed by atoms with Gasteiger partial charge in [0.1, 0.15) is 0 Å². The van der Waals surface area contributed by atoms with Gasteiger partial charge in [0.05, 0.1) is 6.04 Å². The lowest BCUT2D eigenvalue weighted by Crippen LogP contribution is -2.12. The van der Waals surface area contributed by atoms with Crippen molar-refractivity contribution in [2.24, 2.45) is 5.73 Å². The molecular formula is C13H15NO2. The lowest BCUT2D eigenvalue weighted by atomic mass is 9.99. The van der Waals surface area contributed by atoms with E-state index in [9.17, 15) is 0 Å². The SMILES string of the molecule is NC(C1=CCCC1)c1ccc2c(c1)OCO2. The minimum Gasteiger partial charge on any atom is -0.454 e. The second-order valence-corrected chi connectivity index (χ2v) is 4.26. The second kappa shape index (κ2) is 3.83. The fourth-order valence-electron chi connectivity index (χ4n) is 2.30. The zero-order valence-corrected chi connectivity index (χ0v) is 9.11. The Kier molecular flexibility index (Phi) is 2.33. The van der Waals surface area contributed by atoms with Crippen molar-refractivity contribution in [1.29, 1.82) is 0 Å². The first kappa shape index (κ1) is 9.73. The first-order chi connectivity index (χ1) is 7.84. The summed E-state index contributed by atoms with van der Waals surface area (Å²) in [5.41, 5.74) is 8.68. The van der Waals surface area contributed by atoms with Crippen LogP contribution in [0.1, 0.15) is 30.9 Å². The zero-order valence-electron chi connectivity index (χ0n) is 9.11. The molecule has 1 aromatic carbocycles. The standard InChI is InChI=1S/C13H15NO2/c14-13(9-3-1-2-4-9)10-5-6-11-12(7-10)16-8-15-11/h3,5-7,13H,1-2,4,8,14H2. The number of fused-ring (bicyclic) bond motifs is 1. The summed E-state index contributed by atoms with van der Waals surface area (Å²) in [6.07, 6.45) is 5.77. The van der Waals surface area contributed by atoms with Crippen molar-refractivity contribution < 1.29 is 9.47 Å². The molecule has 3 nitrogen and oxygen atoms in total. The molecule has 3 heteroatoms. The molecule has 1 aliphatic heterocycles. The third-order valence-electron chi connectivity index (χ3n) is 3.23. The van der Waals surface area contributed by atoms with Gasteiger partial charge in [-0.25, -0.2) is 0 Å². The molecule has 0 saturated heterocycles. The topological polar surface area (TPSA) is 44.5 Å². The smallest absolute Gasteiger partial charge is 0.231 e. The average Bonchev–Trinajstić information content (AvgIpc) is 2.98. The van der Waals surface area contributed by atoms with E-state index < -0.39 is 0 Å². The van der Waals surface area contributed by atoms with Gasteiger partial charge in [-0.1, -0.05) is 17.7 Å². The quantitative estimate of drug-likeness (QED) is 0.774. The largest absolute Gasteiger partial charge is 0.454 e. The monoisotopic (exact) mass is 217 g/mol. The van der Waals surface area contributed by atoms with Crippen LogP contribution in [0.5, 0.6) is 11.5 Å². The van der Waals surface area contributed by atoms with Crippen LogP contribution in [-0.4, -0.2) is 6.79 Å². The van der Waals surface area contributed by atoms with Crippen molar-refractivity contribution in [1.82, 2.24) is 0 Å². The first-order valence-electron chi connectivity index (χ1n) is 5.68. The lowest BCUT2D eigenvalue weighted by Gasteiger charge is -2.13. The number of hydrogen-bond donors (Lipinski definition) is 1. The van der Waals surface area contributed by atoms with Gasteiger partial charge in [-0.05, 0) is 37.0 Å². The van der Waals surface area contributed by atoms with Crippen molar-refractivity contribution in [2.45, 2.75) is 25.3 Å². The van der Waals surface area contributed by atoms with E-state index in [2.05, 4.69) is 6.08 Å². The van der Waals surface area contributed by atoms with Crippen LogP contribution < -0.4 is 15.2 Å². The molecule has 0 amide bonds. The minimum atomic E-state index is 0.0111. The Hall–Kier alpha value is -1.48. The predicted octanol–water partition coefficient (Wildman–Crippen LogP) is 2.53. The van der Waals surface area contributed by atoms with Crippen LogP contribution in [0.25, 0.3) is 0 Å². The number of ether oxygens (including phenoxy) is 2. The summed E-state index contributed by atoms with van der Waals surface area (Å²) >= 11 is 0. The molecule has 1 aliphatic carbocycles. The lowest BCUT2D eigenvalue weighted by molar-refractivity contribution is 0.174. The molecule has 0 saturated carbocycles. The summed E-state index contributed by atoms with van der Waals surface area (Å²) in [4.78, 5) is 0. The number of benzene rings is 1. The van der Waals surface area contributed by atoms with Gasteiger partial charge in [-0.2, -0.15) is 0 Å². The van der Waals surface area contributed by atoms with Gasteiger partial charge in [0.15, 0.2) is 11.5 Å². The van der Waals surface area contributed by atoms with Crippen molar-refractivity contribution in [3.8, 4) is 11.5 Å². The Morgan fingerprint density at radius 1 is 1.19 bits per heavy atom. The van der Waals surface area contributed by atoms with Gasteiger partial charge >= 0.3 is 0 Å². The van der Waals surface area contributed by atoms with Crippen molar-refractivity contribution >= 4 is 0 Å². The van der Waals surface area contributed by atoms with Crippen LogP contribution in [0.15, 0.2) is 29.8 Å². The van der Waals surface area contributed by atoms with Crippen LogP contribution in [0.2, 0.25) is 0 Å². The van der Waals surface area contributed by atoms with Crippen LogP contribution in [0.4, 0.5) is 0 Å². The van der Waals surface area contributed by atoms with Gasteiger partial charge in [-0.3, -0.25) is 0 Å². The maximum absolute atomic E-state index is 6.23. The maximum atomic E-state index is 6.23. The molecule has 16 heavy (non-hydrogen) atoms. The zero-order chi connectivity index (χ0) is 11.0. The highest BCUT2D eigenvalue weighted by atomic mass is 16.7. The first-order valence-corrected chi connectivity index (χ1v) is 5.68. The average molecular weight is 217 g/mol. The molecule has 0 spiro atoms. The Bertz CT molecular complexity index is 440. The van der Waals surface area contributed by atoms with Crippen LogP contribution in [0.3, 0.4) is 0 Å². The summed E-state index contributed by atoms with van der Waals surface area (Å²) in [5.74, 6) is 1.63. The molecule has 1 atom stereocenters. The molecular weight excluding hydrogens is 202 g/mol. The highest BCUT2D eigenvalue weighted by Crippen LogP contribution is 2.36. The summed E-state index contributed by atoms with van der Waals surface area (Å²) in [6, 6.07) is 5.97. The summed E-state index contributed by atoms with van der Waals surface area (Å²) < 4.78 is 10.6. The van der Waals surface area contributed by atoms with Crippen molar-refractivity contribution in [3.63, 3.8) is 0 Å². The Morgan fingerprint density at radius 2 is 2.06 bits per heavy atom. The fraction of sp³-hybridized carbons (Fsp3) is 0.385. The number of allylic oxidation sites excluding steroid dienone is 1. The van der Waals surface area contributed by atoms with Crippen LogP contribution >= 0.6 is 0 Å². The Balaban J connectivity index is 1.89. The molecule has 2 aliphatic rings. The van der Waals surface area contributed by atoms with E-state index in [4.69, 9.17) is 15.2 Å². The van der Waals surface area contributed by atoms with Crippen LogP contribution in [-0.2, 0) is 0 Å². The fourth-order valence-corrected chi connectivity index (χ4v) is 2.30. The van der Waals surface area contributed by atoms with Gasteiger partial charge in [0, 0.05) is 0 Å². The second-order valence-electron chi connectivity index (χ2n) is 4.26. The van der Waals surface area contributed by atoms with Gasteiger partial charge in [0.25, 0.3) is 0 Å². The number of nitrogens with two attached hydrogens (primary N) is 1. The highest BCUT2D eigenvalue weighted by Gasteiger charge is 2.19. The molecule has 1 aromatic rings. The maximum Gasteiger partial charge on any atom is 0.231 e. The minimum absolute atomic E-state index is 0.0111. The molecule has 1 heterocycles. The molecule has 0 radical (unpaired) electrons. The number of rotatable bonds is 2. The Morgan fingerprint density at radius 3 is 2.88 bits per heavy atom. The molecule has 2 N–H and O–H groups in total. The van der Waals surface area contributed by atoms with E-state index in [0.717, 1.165) is 29.9 Å². The van der Waals surface area contributed by atoms with Gasteiger partial charge in [0.2, 0.25) is 6.79 Å². The van der Waals surface area contributed by atoms with Crippen molar-refractivity contribution in [3.05, 3.63) is 35.4 Å². The van der Waals surface area contributed by atoms with Gasteiger partial charge < -0.3 is 15.2 Å². The molecule has 1 unspecified atom stereocenters. The highest BCUT2D eigenvalue weighted by molar-refractivity contribution is 5.46. The molecule has 0 aromatic heterocycles. The summed E-state index contributed by atoms with van der Waals surface area (Å²) in [5, 5.41) is 0. The molecule has 0 fully saturated rings. The van der Waals surface area contributed by atoms with Crippen molar-refractivity contribution in [2.75, 3.05) is 6.79 Å². The van der Waals surface area contributed by atoms with E-state index in [-0.39, 0.29) is 6.04 Å². The molecule has 84 valence electrons. The van der Waals surface area contributed by atoms with E-state index in [1.807, 2.05) is 18.2 Å². The summed E-state index contributed by atoms with van der Waals surface area (Å²) in [7, 11) is 0. The normalized spacial score (nSPS) is 19.7. The molecule has 3 rings (SSSR count). The van der Waals surface area contributed by atoms with E-state index in [1.165, 1.54) is 12.0 Å². The number of hydrogen-bond acceptors (Lipinski definition) is 3. The molecule has 0 bridgehead atoms. The summed E-state index contributed by atoms with van der Waals surface area (Å²) in [6.45, 7) is 0.316. The predicted molar refractivity (Wildman–Crippen MR) is 61.4 cm³/mol. The van der Waals surface area contributed by atoms with Crippen LogP contribution in [0, 0.1) is 0 Å². The van der Waals surface area contributed by atoms with Gasteiger partial charge in [-0.15, -0.1) is 0 Å². The Labute approximate surface area is 94.9 Å². The van der Waals surface area contributed by atoms with E-state index in [1.54, 1.807) is 0 Å². The van der Waals surface area contributed by atoms with E-state index >= 15 is 0 Å². The third kappa shape index (κ3) is 1.57.